The SMILES string of the molecule is O=C(/C=C/c1cnn(-c2ccccc2)c1)Nc1cccc(-c2nn[nH]n2)c1. The Morgan fingerprint density at radius 1 is 1.11 bits per heavy atom. The Kier molecular flexibility index (Phi) is 4.52. The quantitative estimate of drug-likeness (QED) is 0.535. The van der Waals surface area contributed by atoms with Crippen molar-refractivity contribution in [2.24, 2.45) is 0 Å². The Balaban J connectivity index is 1.43. The van der Waals surface area contributed by atoms with E-state index in [1.807, 2.05) is 48.7 Å². The highest BCUT2D eigenvalue weighted by Gasteiger charge is 2.05. The molecule has 0 spiro atoms. The summed E-state index contributed by atoms with van der Waals surface area (Å²) < 4.78 is 1.76. The number of benzene rings is 2. The maximum atomic E-state index is 12.2. The average Bonchev–Trinajstić information content (AvgIpc) is 3.40. The van der Waals surface area contributed by atoms with E-state index < -0.39 is 0 Å². The van der Waals surface area contributed by atoms with Crippen LogP contribution in [-0.2, 0) is 4.79 Å². The fraction of sp³-hybridized carbons (Fsp3) is 0. The molecule has 2 aromatic heterocycles. The van der Waals surface area contributed by atoms with Crippen molar-refractivity contribution >= 4 is 17.7 Å². The van der Waals surface area contributed by atoms with Gasteiger partial charge >= 0.3 is 0 Å². The Morgan fingerprint density at radius 2 is 2.00 bits per heavy atom. The van der Waals surface area contributed by atoms with E-state index in [1.165, 1.54) is 6.08 Å². The van der Waals surface area contributed by atoms with Crippen molar-refractivity contribution in [1.29, 1.82) is 0 Å². The van der Waals surface area contributed by atoms with Crippen LogP contribution in [0.1, 0.15) is 5.56 Å². The first-order valence-electron chi connectivity index (χ1n) is 8.21. The number of rotatable bonds is 5. The molecule has 0 unspecified atom stereocenters. The van der Waals surface area contributed by atoms with E-state index in [0.29, 0.717) is 11.5 Å². The van der Waals surface area contributed by atoms with Gasteiger partial charge in [-0.3, -0.25) is 4.79 Å². The van der Waals surface area contributed by atoms with Crippen LogP contribution in [-0.4, -0.2) is 36.3 Å². The Morgan fingerprint density at radius 3 is 2.81 bits per heavy atom. The number of carbonyl (C=O) groups excluding carboxylic acids is 1. The van der Waals surface area contributed by atoms with Gasteiger partial charge in [-0.15, -0.1) is 10.2 Å². The molecule has 27 heavy (non-hydrogen) atoms. The smallest absolute Gasteiger partial charge is 0.248 e. The van der Waals surface area contributed by atoms with Gasteiger partial charge in [0.25, 0.3) is 0 Å². The maximum absolute atomic E-state index is 12.2. The zero-order valence-electron chi connectivity index (χ0n) is 14.1. The number of hydrogen-bond donors (Lipinski definition) is 2. The molecule has 2 heterocycles. The molecule has 0 saturated carbocycles. The number of anilines is 1. The number of aromatic nitrogens is 6. The molecule has 0 fully saturated rings. The van der Waals surface area contributed by atoms with Crippen LogP contribution in [0, 0.1) is 0 Å². The summed E-state index contributed by atoms with van der Waals surface area (Å²) in [4.78, 5) is 12.2. The van der Waals surface area contributed by atoms with Crippen molar-refractivity contribution in [3.05, 3.63) is 78.6 Å². The van der Waals surface area contributed by atoms with Crippen LogP contribution < -0.4 is 5.32 Å². The molecule has 0 atom stereocenters. The summed E-state index contributed by atoms with van der Waals surface area (Å²) in [5.74, 6) is 0.225. The monoisotopic (exact) mass is 357 g/mol. The van der Waals surface area contributed by atoms with Crippen molar-refractivity contribution in [3.8, 4) is 17.1 Å². The summed E-state index contributed by atoms with van der Waals surface area (Å²) in [6, 6.07) is 17.0. The summed E-state index contributed by atoms with van der Waals surface area (Å²) in [6.45, 7) is 0. The Hall–Kier alpha value is -4.07. The minimum absolute atomic E-state index is 0.243. The number of hydrogen-bond acceptors (Lipinski definition) is 5. The molecule has 8 nitrogen and oxygen atoms in total. The zero-order chi connectivity index (χ0) is 18.5. The fourth-order valence-electron chi connectivity index (χ4n) is 2.52. The second-order valence-electron chi connectivity index (χ2n) is 5.69. The maximum Gasteiger partial charge on any atom is 0.248 e. The molecule has 132 valence electrons. The largest absolute Gasteiger partial charge is 0.322 e. The third-order valence-electron chi connectivity index (χ3n) is 3.78. The second-order valence-corrected chi connectivity index (χ2v) is 5.69. The van der Waals surface area contributed by atoms with Crippen LogP contribution in [0.3, 0.4) is 0 Å². The average molecular weight is 357 g/mol. The number of aromatic amines is 1. The minimum Gasteiger partial charge on any atom is -0.322 e. The molecule has 4 rings (SSSR count). The van der Waals surface area contributed by atoms with Gasteiger partial charge in [0, 0.05) is 29.1 Å². The summed E-state index contributed by atoms with van der Waals surface area (Å²) in [5, 5.41) is 20.9. The van der Waals surface area contributed by atoms with E-state index in [9.17, 15) is 4.79 Å². The number of tetrazole rings is 1. The van der Waals surface area contributed by atoms with E-state index in [2.05, 4.69) is 31.0 Å². The Bertz CT molecular complexity index is 1070. The summed E-state index contributed by atoms with van der Waals surface area (Å²) >= 11 is 0. The van der Waals surface area contributed by atoms with E-state index >= 15 is 0 Å². The van der Waals surface area contributed by atoms with Crippen LogP contribution in [0.15, 0.2) is 73.1 Å². The predicted octanol–water partition coefficient (Wildman–Crippen LogP) is 2.70. The molecule has 4 aromatic rings. The standard InChI is InChI=1S/C19H15N7O/c27-18(21-16-6-4-5-15(11-16)19-22-24-25-23-19)10-9-14-12-20-26(13-14)17-7-2-1-3-8-17/h1-13H,(H,21,27)(H,22,23,24,25)/b10-9+. The van der Waals surface area contributed by atoms with Crippen LogP contribution in [0.4, 0.5) is 5.69 Å². The number of nitrogens with one attached hydrogen (secondary N) is 2. The Labute approximate surface area is 154 Å². The summed E-state index contributed by atoms with van der Waals surface area (Å²) in [5.41, 5.74) is 3.19. The number of H-pyrrole nitrogens is 1. The first-order chi connectivity index (χ1) is 13.3. The fourth-order valence-corrected chi connectivity index (χ4v) is 2.52. The highest BCUT2D eigenvalue weighted by molar-refractivity contribution is 6.02. The summed E-state index contributed by atoms with van der Waals surface area (Å²) in [6.07, 6.45) is 6.74. The lowest BCUT2D eigenvalue weighted by atomic mass is 10.2. The lowest BCUT2D eigenvalue weighted by Crippen LogP contribution is -2.07. The van der Waals surface area contributed by atoms with E-state index in [1.54, 1.807) is 29.1 Å². The normalized spacial score (nSPS) is 11.0. The van der Waals surface area contributed by atoms with Crippen LogP contribution in [0.5, 0.6) is 0 Å². The van der Waals surface area contributed by atoms with Gasteiger partial charge in [-0.25, -0.2) is 4.68 Å². The molecule has 8 heteroatoms. The second kappa shape index (κ2) is 7.44. The molecule has 2 N–H and O–H groups in total. The van der Waals surface area contributed by atoms with Gasteiger partial charge in [-0.2, -0.15) is 10.3 Å². The molecule has 1 amide bonds. The molecule has 0 saturated heterocycles. The zero-order valence-corrected chi connectivity index (χ0v) is 14.1. The molecule has 0 aliphatic heterocycles. The van der Waals surface area contributed by atoms with E-state index in [0.717, 1.165) is 16.8 Å². The minimum atomic E-state index is -0.243. The number of carbonyl (C=O) groups is 1. The van der Waals surface area contributed by atoms with Crippen LogP contribution >= 0.6 is 0 Å². The van der Waals surface area contributed by atoms with Crippen molar-refractivity contribution in [2.45, 2.75) is 0 Å². The van der Waals surface area contributed by atoms with Gasteiger partial charge in [-0.05, 0) is 35.6 Å². The highest BCUT2D eigenvalue weighted by atomic mass is 16.1. The first kappa shape index (κ1) is 16.4. The van der Waals surface area contributed by atoms with Gasteiger partial charge in [0.2, 0.25) is 11.7 Å². The topological polar surface area (TPSA) is 101 Å². The lowest BCUT2D eigenvalue weighted by molar-refractivity contribution is -0.111. The van der Waals surface area contributed by atoms with Gasteiger partial charge in [0.15, 0.2) is 0 Å². The molecular formula is C19H15N7O. The van der Waals surface area contributed by atoms with Gasteiger partial charge < -0.3 is 5.32 Å². The number of para-hydroxylation sites is 1. The molecule has 0 aliphatic rings. The lowest BCUT2D eigenvalue weighted by Gasteiger charge is -2.03. The summed E-state index contributed by atoms with van der Waals surface area (Å²) in [7, 11) is 0. The van der Waals surface area contributed by atoms with Crippen molar-refractivity contribution in [2.75, 3.05) is 5.32 Å². The van der Waals surface area contributed by atoms with Crippen LogP contribution in [0.2, 0.25) is 0 Å². The third-order valence-corrected chi connectivity index (χ3v) is 3.78. The van der Waals surface area contributed by atoms with Crippen molar-refractivity contribution in [1.82, 2.24) is 30.4 Å². The van der Waals surface area contributed by atoms with Gasteiger partial charge in [0.1, 0.15) is 0 Å². The predicted molar refractivity (Wildman–Crippen MR) is 101 cm³/mol. The third kappa shape index (κ3) is 3.96. The number of amides is 1. The highest BCUT2D eigenvalue weighted by Crippen LogP contribution is 2.18. The van der Waals surface area contributed by atoms with Gasteiger partial charge in [0.05, 0.1) is 11.9 Å². The van der Waals surface area contributed by atoms with Crippen molar-refractivity contribution < 1.29 is 4.79 Å². The molecule has 0 bridgehead atoms. The molecule has 2 aromatic carbocycles. The number of nitrogens with zero attached hydrogens (tertiary/aromatic N) is 5. The van der Waals surface area contributed by atoms with Crippen molar-refractivity contribution in [3.63, 3.8) is 0 Å². The van der Waals surface area contributed by atoms with E-state index in [-0.39, 0.29) is 5.91 Å². The molecule has 0 aliphatic carbocycles. The molecular weight excluding hydrogens is 342 g/mol. The molecule has 0 radical (unpaired) electrons. The first-order valence-corrected chi connectivity index (χ1v) is 8.21. The van der Waals surface area contributed by atoms with Gasteiger partial charge in [-0.1, -0.05) is 30.3 Å². The van der Waals surface area contributed by atoms with E-state index in [4.69, 9.17) is 0 Å². The van der Waals surface area contributed by atoms with Crippen LogP contribution in [0.25, 0.3) is 23.2 Å².